The summed E-state index contributed by atoms with van der Waals surface area (Å²) >= 11 is 0. The van der Waals surface area contributed by atoms with Gasteiger partial charge in [0.15, 0.2) is 0 Å². The van der Waals surface area contributed by atoms with Gasteiger partial charge in [-0.25, -0.2) is 0 Å². The van der Waals surface area contributed by atoms with Crippen LogP contribution in [0.1, 0.15) is 23.1 Å². The van der Waals surface area contributed by atoms with Crippen LogP contribution in [0.3, 0.4) is 0 Å². The Morgan fingerprint density at radius 1 is 1.10 bits per heavy atom. The fraction of sp³-hybridized carbons (Fsp3) is 0.333. The zero-order valence-electron chi connectivity index (χ0n) is 11.9. The molecule has 0 spiro atoms. The van der Waals surface area contributed by atoms with Gasteiger partial charge in [-0.1, -0.05) is 42.5 Å². The molecule has 0 saturated heterocycles. The molecule has 0 radical (unpaired) electrons. The van der Waals surface area contributed by atoms with Crippen LogP contribution in [0, 0.1) is 0 Å². The van der Waals surface area contributed by atoms with Crippen LogP contribution < -0.4 is 10.5 Å². The van der Waals surface area contributed by atoms with Crippen LogP contribution >= 0.6 is 0 Å². The maximum Gasteiger partial charge on any atom is 0.122 e. The van der Waals surface area contributed by atoms with Crippen molar-refractivity contribution in [2.45, 2.75) is 24.7 Å². The second-order valence-corrected chi connectivity index (χ2v) is 5.63. The van der Waals surface area contributed by atoms with Crippen molar-refractivity contribution >= 4 is 0 Å². The van der Waals surface area contributed by atoms with Gasteiger partial charge in [-0.2, -0.15) is 0 Å². The lowest BCUT2D eigenvalue weighted by Crippen LogP contribution is -2.35. The molecule has 0 amide bonds. The molecule has 0 aliphatic heterocycles. The van der Waals surface area contributed by atoms with Crippen molar-refractivity contribution in [2.24, 2.45) is 5.73 Å². The van der Waals surface area contributed by atoms with Crippen molar-refractivity contribution in [2.75, 3.05) is 13.7 Å². The lowest BCUT2D eigenvalue weighted by atomic mass is 9.76. The van der Waals surface area contributed by atoms with Crippen LogP contribution in [0.4, 0.5) is 0 Å². The maximum atomic E-state index is 6.18. The molecule has 2 aromatic carbocycles. The van der Waals surface area contributed by atoms with E-state index in [2.05, 4.69) is 36.4 Å². The lowest BCUT2D eigenvalue weighted by molar-refractivity contribution is 0.389. The first-order valence-electron chi connectivity index (χ1n) is 7.19. The summed E-state index contributed by atoms with van der Waals surface area (Å²) in [4.78, 5) is 0. The van der Waals surface area contributed by atoms with E-state index in [1.54, 1.807) is 7.11 Å². The molecule has 0 heterocycles. The molecule has 1 unspecified atom stereocenters. The van der Waals surface area contributed by atoms with E-state index in [-0.39, 0.29) is 5.41 Å². The van der Waals surface area contributed by atoms with Crippen LogP contribution in [0.15, 0.2) is 48.5 Å². The molecule has 20 heavy (non-hydrogen) atoms. The number of para-hydroxylation sites is 1. The summed E-state index contributed by atoms with van der Waals surface area (Å²) in [6.45, 7) is 0.683. The summed E-state index contributed by atoms with van der Waals surface area (Å²) in [6.07, 6.45) is 3.20. The zero-order chi connectivity index (χ0) is 14.0. The van der Waals surface area contributed by atoms with Crippen molar-refractivity contribution in [1.29, 1.82) is 0 Å². The highest BCUT2D eigenvalue weighted by atomic mass is 16.5. The molecular formula is C18H21NO. The molecule has 2 N–H and O–H groups in total. The molecule has 2 aromatic rings. The highest BCUT2D eigenvalue weighted by Crippen LogP contribution is 2.41. The van der Waals surface area contributed by atoms with E-state index >= 15 is 0 Å². The third-order valence-corrected chi connectivity index (χ3v) is 4.57. The topological polar surface area (TPSA) is 35.2 Å². The van der Waals surface area contributed by atoms with E-state index in [4.69, 9.17) is 10.5 Å². The molecule has 1 atom stereocenters. The molecule has 0 saturated carbocycles. The Kier molecular flexibility index (Phi) is 3.49. The third kappa shape index (κ3) is 2.10. The summed E-state index contributed by atoms with van der Waals surface area (Å²) in [5, 5.41) is 0. The van der Waals surface area contributed by atoms with E-state index in [9.17, 15) is 0 Å². The predicted molar refractivity (Wildman–Crippen MR) is 82.2 cm³/mol. The van der Waals surface area contributed by atoms with Crippen LogP contribution in [0.5, 0.6) is 5.75 Å². The monoisotopic (exact) mass is 267 g/mol. The average molecular weight is 267 g/mol. The number of hydrogen-bond acceptors (Lipinski definition) is 2. The second-order valence-electron chi connectivity index (χ2n) is 5.63. The number of hydrogen-bond donors (Lipinski definition) is 1. The van der Waals surface area contributed by atoms with E-state index in [0.29, 0.717) is 6.54 Å². The third-order valence-electron chi connectivity index (χ3n) is 4.57. The van der Waals surface area contributed by atoms with Crippen molar-refractivity contribution in [1.82, 2.24) is 0 Å². The maximum absolute atomic E-state index is 6.18. The number of ether oxygens (including phenoxy) is 1. The van der Waals surface area contributed by atoms with Crippen molar-refractivity contribution in [3.8, 4) is 5.75 Å². The fourth-order valence-electron chi connectivity index (χ4n) is 3.45. The Balaban J connectivity index is 2.00. The highest BCUT2D eigenvalue weighted by Gasteiger charge is 2.37. The van der Waals surface area contributed by atoms with Gasteiger partial charge in [0.25, 0.3) is 0 Å². The van der Waals surface area contributed by atoms with E-state index in [1.807, 2.05) is 12.1 Å². The molecule has 1 aliphatic rings. The Morgan fingerprint density at radius 3 is 2.65 bits per heavy atom. The second kappa shape index (κ2) is 5.29. The number of benzene rings is 2. The highest BCUT2D eigenvalue weighted by molar-refractivity contribution is 5.44. The summed E-state index contributed by atoms with van der Waals surface area (Å²) in [7, 11) is 1.73. The lowest BCUT2D eigenvalue weighted by Gasteiger charge is -2.29. The number of rotatable bonds is 4. The first-order valence-corrected chi connectivity index (χ1v) is 7.19. The number of aryl methyl sites for hydroxylation is 1. The van der Waals surface area contributed by atoms with Gasteiger partial charge >= 0.3 is 0 Å². The van der Waals surface area contributed by atoms with Crippen molar-refractivity contribution < 1.29 is 4.74 Å². The average Bonchev–Trinajstić information content (AvgIpc) is 2.87. The molecular weight excluding hydrogens is 246 g/mol. The quantitative estimate of drug-likeness (QED) is 0.924. The van der Waals surface area contributed by atoms with Gasteiger partial charge in [-0.05, 0) is 42.0 Å². The summed E-state index contributed by atoms with van der Waals surface area (Å²) in [5.41, 5.74) is 10.4. The molecule has 0 bridgehead atoms. The number of fused-ring (bicyclic) bond motifs is 1. The Hall–Kier alpha value is -1.80. The Bertz CT molecular complexity index is 608. The van der Waals surface area contributed by atoms with Gasteiger partial charge in [0.2, 0.25) is 0 Å². The van der Waals surface area contributed by atoms with Gasteiger partial charge in [-0.15, -0.1) is 0 Å². The minimum Gasteiger partial charge on any atom is -0.496 e. The normalized spacial score (nSPS) is 20.7. The molecule has 0 aromatic heterocycles. The van der Waals surface area contributed by atoms with E-state index in [0.717, 1.165) is 25.0 Å². The van der Waals surface area contributed by atoms with Crippen molar-refractivity contribution in [3.63, 3.8) is 0 Å². The van der Waals surface area contributed by atoms with Crippen LogP contribution in [0.2, 0.25) is 0 Å². The molecule has 0 fully saturated rings. The van der Waals surface area contributed by atoms with E-state index in [1.165, 1.54) is 16.7 Å². The van der Waals surface area contributed by atoms with Crippen LogP contribution in [-0.2, 0) is 18.3 Å². The van der Waals surface area contributed by atoms with Crippen molar-refractivity contribution in [3.05, 3.63) is 65.2 Å². The van der Waals surface area contributed by atoms with Gasteiger partial charge in [0.05, 0.1) is 7.11 Å². The molecule has 2 nitrogen and oxygen atoms in total. The molecule has 2 heteroatoms. The zero-order valence-corrected chi connectivity index (χ0v) is 11.9. The number of methoxy groups -OCH3 is 1. The first-order chi connectivity index (χ1) is 9.79. The van der Waals surface area contributed by atoms with Gasteiger partial charge < -0.3 is 10.5 Å². The smallest absolute Gasteiger partial charge is 0.122 e. The van der Waals surface area contributed by atoms with Gasteiger partial charge in [0, 0.05) is 12.0 Å². The summed E-state index contributed by atoms with van der Waals surface area (Å²) in [6, 6.07) is 17.0. The SMILES string of the molecule is COc1ccccc1CC1(CN)CCc2ccccc21. The molecule has 3 rings (SSSR count). The molecule has 1 aliphatic carbocycles. The van der Waals surface area contributed by atoms with Crippen LogP contribution in [-0.4, -0.2) is 13.7 Å². The van der Waals surface area contributed by atoms with E-state index < -0.39 is 0 Å². The van der Waals surface area contributed by atoms with Gasteiger partial charge in [0.1, 0.15) is 5.75 Å². The largest absolute Gasteiger partial charge is 0.496 e. The fourth-order valence-corrected chi connectivity index (χ4v) is 3.45. The molecule has 104 valence electrons. The van der Waals surface area contributed by atoms with Gasteiger partial charge in [-0.3, -0.25) is 0 Å². The number of nitrogens with two attached hydrogens (primary N) is 1. The summed E-state index contributed by atoms with van der Waals surface area (Å²) in [5.74, 6) is 0.963. The minimum atomic E-state index is 0.0607. The Labute approximate surface area is 120 Å². The predicted octanol–water partition coefficient (Wildman–Crippen LogP) is 3.08. The summed E-state index contributed by atoms with van der Waals surface area (Å²) < 4.78 is 5.49. The minimum absolute atomic E-state index is 0.0607. The Morgan fingerprint density at radius 2 is 1.85 bits per heavy atom. The standard InChI is InChI=1S/C18H21NO/c1-20-17-9-5-3-7-15(17)12-18(13-19)11-10-14-6-2-4-8-16(14)18/h2-9H,10-13,19H2,1H3. The van der Waals surface area contributed by atoms with Crippen LogP contribution in [0.25, 0.3) is 0 Å². The first kappa shape index (κ1) is 13.2.